The van der Waals surface area contributed by atoms with Crippen molar-refractivity contribution in [3.8, 4) is 0 Å². The van der Waals surface area contributed by atoms with E-state index in [0.29, 0.717) is 17.0 Å². The molecule has 0 spiro atoms. The van der Waals surface area contributed by atoms with Gasteiger partial charge in [0.1, 0.15) is 17.5 Å². The number of carbonyl (C=O) groups excluding carboxylic acids is 3. The van der Waals surface area contributed by atoms with E-state index in [2.05, 4.69) is 14.9 Å². The SMILES string of the molecule is CCCc1nnsc1C(=O)N1CC(=O)NC(=O)C1C. The maximum atomic E-state index is 12.4. The second-order valence-corrected chi connectivity index (χ2v) is 5.07. The van der Waals surface area contributed by atoms with Crippen LogP contribution < -0.4 is 5.32 Å². The maximum Gasteiger partial charge on any atom is 0.268 e. The number of nitrogens with one attached hydrogen (secondary N) is 1. The Hall–Kier alpha value is -1.83. The van der Waals surface area contributed by atoms with E-state index < -0.39 is 17.9 Å². The van der Waals surface area contributed by atoms with Crippen LogP contribution in [-0.2, 0) is 16.0 Å². The predicted molar refractivity (Wildman–Crippen MR) is 67.6 cm³/mol. The lowest BCUT2D eigenvalue weighted by Gasteiger charge is -2.31. The van der Waals surface area contributed by atoms with Crippen LogP contribution >= 0.6 is 11.5 Å². The molecule has 1 aromatic rings. The zero-order valence-corrected chi connectivity index (χ0v) is 11.5. The predicted octanol–water partition coefficient (Wildman–Crippen LogP) is -0.0223. The molecule has 7 nitrogen and oxygen atoms in total. The minimum absolute atomic E-state index is 0.116. The van der Waals surface area contributed by atoms with Gasteiger partial charge >= 0.3 is 0 Å². The molecule has 8 heteroatoms. The molecule has 1 fully saturated rings. The molecule has 2 rings (SSSR count). The van der Waals surface area contributed by atoms with E-state index in [4.69, 9.17) is 0 Å². The normalized spacial score (nSPS) is 19.5. The first-order valence-electron chi connectivity index (χ1n) is 6.00. The molecule has 19 heavy (non-hydrogen) atoms. The molecule has 0 radical (unpaired) electrons. The second-order valence-electron chi connectivity index (χ2n) is 4.32. The van der Waals surface area contributed by atoms with Crippen LogP contribution in [0.3, 0.4) is 0 Å². The molecule has 0 saturated carbocycles. The van der Waals surface area contributed by atoms with E-state index in [9.17, 15) is 14.4 Å². The maximum absolute atomic E-state index is 12.4. The van der Waals surface area contributed by atoms with E-state index in [1.807, 2.05) is 6.92 Å². The molecule has 0 aliphatic carbocycles. The number of aromatic nitrogens is 2. The first-order chi connectivity index (χ1) is 9.04. The fourth-order valence-electron chi connectivity index (χ4n) is 1.86. The zero-order chi connectivity index (χ0) is 14.0. The second kappa shape index (κ2) is 5.43. The molecule has 2 heterocycles. The van der Waals surface area contributed by atoms with Crippen molar-refractivity contribution in [2.45, 2.75) is 32.7 Å². The lowest BCUT2D eigenvalue weighted by molar-refractivity contribution is -0.138. The molecular formula is C11H14N4O3S. The van der Waals surface area contributed by atoms with Gasteiger partial charge in [0.2, 0.25) is 11.8 Å². The van der Waals surface area contributed by atoms with Gasteiger partial charge in [-0.25, -0.2) is 0 Å². The summed E-state index contributed by atoms with van der Waals surface area (Å²) in [5, 5.41) is 6.12. The van der Waals surface area contributed by atoms with E-state index in [1.54, 1.807) is 6.92 Å². The average Bonchev–Trinajstić information content (AvgIpc) is 2.81. The van der Waals surface area contributed by atoms with Gasteiger partial charge in [-0.2, -0.15) is 0 Å². The number of hydrogen-bond donors (Lipinski definition) is 1. The third-order valence-corrected chi connectivity index (χ3v) is 3.68. The van der Waals surface area contributed by atoms with Gasteiger partial charge in [-0.1, -0.05) is 17.8 Å². The molecule has 1 unspecified atom stereocenters. The van der Waals surface area contributed by atoms with Gasteiger partial charge < -0.3 is 4.90 Å². The fourth-order valence-corrected chi connectivity index (χ4v) is 2.53. The Balaban J connectivity index is 2.25. The van der Waals surface area contributed by atoms with Crippen molar-refractivity contribution in [1.29, 1.82) is 0 Å². The average molecular weight is 282 g/mol. The third-order valence-electron chi connectivity index (χ3n) is 2.92. The first-order valence-corrected chi connectivity index (χ1v) is 6.77. The van der Waals surface area contributed by atoms with E-state index in [0.717, 1.165) is 18.0 Å². The summed E-state index contributed by atoms with van der Waals surface area (Å²) in [5.41, 5.74) is 0.628. The molecule has 1 aliphatic rings. The summed E-state index contributed by atoms with van der Waals surface area (Å²) in [6, 6.07) is -0.665. The Morgan fingerprint density at radius 2 is 2.26 bits per heavy atom. The summed E-state index contributed by atoms with van der Waals surface area (Å²) in [7, 11) is 0. The lowest BCUT2D eigenvalue weighted by Crippen LogP contribution is -2.58. The summed E-state index contributed by atoms with van der Waals surface area (Å²) in [6.45, 7) is 3.46. The Kier molecular flexibility index (Phi) is 3.89. The van der Waals surface area contributed by atoms with Crippen LogP contribution in [0.15, 0.2) is 0 Å². The Morgan fingerprint density at radius 1 is 1.53 bits per heavy atom. The van der Waals surface area contributed by atoms with Crippen LogP contribution in [0.25, 0.3) is 0 Å². The Morgan fingerprint density at radius 3 is 2.95 bits per heavy atom. The van der Waals surface area contributed by atoms with Crippen LogP contribution in [0.2, 0.25) is 0 Å². The van der Waals surface area contributed by atoms with Crippen molar-refractivity contribution in [3.05, 3.63) is 10.6 Å². The number of aryl methyl sites for hydroxylation is 1. The number of imide groups is 1. The number of hydrogen-bond acceptors (Lipinski definition) is 6. The smallest absolute Gasteiger partial charge is 0.268 e. The molecule has 1 aromatic heterocycles. The highest BCUT2D eigenvalue weighted by Crippen LogP contribution is 2.18. The molecular weight excluding hydrogens is 268 g/mol. The topological polar surface area (TPSA) is 92.3 Å². The molecule has 1 aliphatic heterocycles. The van der Waals surface area contributed by atoms with Gasteiger partial charge in [0.25, 0.3) is 5.91 Å². The van der Waals surface area contributed by atoms with Gasteiger partial charge in [0, 0.05) is 0 Å². The van der Waals surface area contributed by atoms with Crippen molar-refractivity contribution in [2.24, 2.45) is 0 Å². The fraction of sp³-hybridized carbons (Fsp3) is 0.545. The van der Waals surface area contributed by atoms with E-state index in [-0.39, 0.29) is 12.5 Å². The number of piperazine rings is 1. The van der Waals surface area contributed by atoms with Gasteiger partial charge in [0.05, 0.1) is 5.69 Å². The van der Waals surface area contributed by atoms with Crippen molar-refractivity contribution in [3.63, 3.8) is 0 Å². The number of amides is 3. The highest BCUT2D eigenvalue weighted by molar-refractivity contribution is 7.08. The van der Waals surface area contributed by atoms with Crippen LogP contribution in [0, 0.1) is 0 Å². The lowest BCUT2D eigenvalue weighted by atomic mass is 10.1. The minimum atomic E-state index is -0.665. The van der Waals surface area contributed by atoms with Crippen LogP contribution in [0.5, 0.6) is 0 Å². The highest BCUT2D eigenvalue weighted by atomic mass is 32.1. The number of nitrogens with zero attached hydrogens (tertiary/aromatic N) is 3. The van der Waals surface area contributed by atoms with Gasteiger partial charge in [0.15, 0.2) is 0 Å². The molecule has 3 amide bonds. The molecule has 0 aromatic carbocycles. The highest BCUT2D eigenvalue weighted by Gasteiger charge is 2.35. The molecule has 0 bridgehead atoms. The van der Waals surface area contributed by atoms with Crippen LogP contribution in [-0.4, -0.2) is 44.8 Å². The van der Waals surface area contributed by atoms with E-state index >= 15 is 0 Å². The van der Waals surface area contributed by atoms with Crippen LogP contribution in [0.1, 0.15) is 35.6 Å². The summed E-state index contributed by atoms with van der Waals surface area (Å²) < 4.78 is 3.78. The minimum Gasteiger partial charge on any atom is -0.317 e. The van der Waals surface area contributed by atoms with Crippen LogP contribution in [0.4, 0.5) is 0 Å². The summed E-state index contributed by atoms with van der Waals surface area (Å²) in [5.74, 6) is -1.28. The van der Waals surface area contributed by atoms with Crippen molar-refractivity contribution in [2.75, 3.05) is 6.54 Å². The monoisotopic (exact) mass is 282 g/mol. The van der Waals surface area contributed by atoms with Crippen molar-refractivity contribution < 1.29 is 14.4 Å². The summed E-state index contributed by atoms with van der Waals surface area (Å²) >= 11 is 1.00. The van der Waals surface area contributed by atoms with Gasteiger partial charge in [-0.15, -0.1) is 5.10 Å². The molecule has 1 atom stereocenters. The quantitative estimate of drug-likeness (QED) is 0.786. The standard InChI is InChI=1S/C11H14N4O3S/c1-3-4-7-9(19-14-13-7)11(18)15-5-8(16)12-10(17)6(15)2/h6H,3-5H2,1-2H3,(H,12,16,17). The Bertz CT molecular complexity index is 528. The summed E-state index contributed by atoms with van der Waals surface area (Å²) in [4.78, 5) is 37.0. The number of carbonyl (C=O) groups is 3. The van der Waals surface area contributed by atoms with Gasteiger partial charge in [-0.3, -0.25) is 19.7 Å². The zero-order valence-electron chi connectivity index (χ0n) is 10.7. The molecule has 1 saturated heterocycles. The van der Waals surface area contributed by atoms with E-state index in [1.165, 1.54) is 4.90 Å². The molecule has 102 valence electrons. The number of rotatable bonds is 3. The van der Waals surface area contributed by atoms with Crippen molar-refractivity contribution in [1.82, 2.24) is 19.8 Å². The van der Waals surface area contributed by atoms with Crippen molar-refractivity contribution >= 4 is 29.3 Å². The molecule has 1 N–H and O–H groups in total. The third kappa shape index (κ3) is 2.62. The largest absolute Gasteiger partial charge is 0.317 e. The first kappa shape index (κ1) is 13.6. The summed E-state index contributed by atoms with van der Waals surface area (Å²) in [6.07, 6.45) is 1.50. The van der Waals surface area contributed by atoms with Gasteiger partial charge in [-0.05, 0) is 24.9 Å². The Labute approximate surface area is 114 Å².